The van der Waals surface area contributed by atoms with Crippen molar-refractivity contribution in [2.75, 3.05) is 11.9 Å². The van der Waals surface area contributed by atoms with Gasteiger partial charge < -0.3 is 25.4 Å². The third-order valence-electron chi connectivity index (χ3n) is 6.38. The fourth-order valence-corrected chi connectivity index (χ4v) is 4.29. The minimum absolute atomic E-state index is 0.00188. The maximum atomic E-state index is 15.3. The number of nitrogens with zero attached hydrogens (tertiary/aromatic N) is 1. The number of aliphatic carboxylic acids is 1. The summed E-state index contributed by atoms with van der Waals surface area (Å²) in [5, 5.41) is 15.5. The van der Waals surface area contributed by atoms with Crippen LogP contribution in [0.5, 0.6) is 5.75 Å². The van der Waals surface area contributed by atoms with Gasteiger partial charge in [0.2, 0.25) is 11.8 Å². The summed E-state index contributed by atoms with van der Waals surface area (Å²) in [5.74, 6) is -4.30. The van der Waals surface area contributed by atoms with E-state index in [1.165, 1.54) is 17.0 Å². The Morgan fingerprint density at radius 1 is 1.17 bits per heavy atom. The van der Waals surface area contributed by atoms with Gasteiger partial charge in [-0.2, -0.15) is 13.2 Å². The van der Waals surface area contributed by atoms with Gasteiger partial charge in [-0.1, -0.05) is 12.6 Å². The van der Waals surface area contributed by atoms with Gasteiger partial charge in [-0.05, 0) is 24.6 Å². The Kier molecular flexibility index (Phi) is 7.98. The lowest BCUT2D eigenvalue weighted by atomic mass is 10.0. The molecule has 0 aliphatic carbocycles. The quantitative estimate of drug-likeness (QED) is 0.213. The summed E-state index contributed by atoms with van der Waals surface area (Å²) in [6.45, 7) is 1.98. The lowest BCUT2D eigenvalue weighted by Gasteiger charge is -2.29. The van der Waals surface area contributed by atoms with Crippen molar-refractivity contribution in [2.24, 2.45) is 0 Å². The molecule has 4 rings (SSSR count). The Morgan fingerprint density at radius 3 is 2.56 bits per heavy atom. The van der Waals surface area contributed by atoms with E-state index >= 15 is 4.39 Å². The number of ether oxygens (including phenoxy) is 1. The predicted octanol–water partition coefficient (Wildman–Crippen LogP) is 2.95. The molecule has 0 radical (unpaired) electrons. The minimum atomic E-state index is -4.82. The lowest BCUT2D eigenvalue weighted by molar-refractivity contribution is -0.138. The van der Waals surface area contributed by atoms with E-state index in [4.69, 9.17) is 9.84 Å². The highest BCUT2D eigenvalue weighted by Crippen LogP contribution is 2.34. The van der Waals surface area contributed by atoms with Crippen LogP contribution in [0, 0.1) is 5.82 Å². The molecule has 2 aliphatic heterocycles. The van der Waals surface area contributed by atoms with Crippen molar-refractivity contribution in [3.05, 3.63) is 70.6 Å². The van der Waals surface area contributed by atoms with Crippen molar-refractivity contribution in [3.63, 3.8) is 0 Å². The van der Waals surface area contributed by atoms with E-state index in [-0.39, 0.29) is 47.5 Å². The molecular formula is C26H22F4N4O7. The smallest absolute Gasteiger partial charge is 0.416 e. The molecule has 11 nitrogen and oxygen atoms in total. The molecule has 2 aromatic rings. The number of piperidine rings is 1. The second-order valence-corrected chi connectivity index (χ2v) is 9.21. The molecule has 0 saturated carbocycles. The molecule has 216 valence electrons. The van der Waals surface area contributed by atoms with Crippen LogP contribution in [0.3, 0.4) is 0 Å². The third-order valence-corrected chi connectivity index (χ3v) is 6.38. The Hall–Kier alpha value is -4.95. The molecule has 2 aliphatic rings. The molecule has 0 bridgehead atoms. The van der Waals surface area contributed by atoms with Crippen molar-refractivity contribution >= 4 is 35.4 Å². The molecular weight excluding hydrogens is 556 g/mol. The summed E-state index contributed by atoms with van der Waals surface area (Å²) in [4.78, 5) is 60.9. The van der Waals surface area contributed by atoms with Crippen LogP contribution in [0.2, 0.25) is 0 Å². The highest BCUT2D eigenvalue weighted by Gasteiger charge is 2.40. The van der Waals surface area contributed by atoms with Crippen LogP contribution in [0.15, 0.2) is 42.5 Å². The summed E-state index contributed by atoms with van der Waals surface area (Å²) in [6.07, 6.45) is -4.69. The van der Waals surface area contributed by atoms with Crippen molar-refractivity contribution in [3.8, 4) is 5.75 Å². The van der Waals surface area contributed by atoms with Gasteiger partial charge in [0.25, 0.3) is 5.91 Å². The number of carbonyl (C=O) groups is 5. The van der Waals surface area contributed by atoms with Crippen molar-refractivity contribution in [1.82, 2.24) is 15.5 Å². The maximum absolute atomic E-state index is 15.3. The van der Waals surface area contributed by atoms with Crippen LogP contribution in [0.4, 0.5) is 28.0 Å². The normalized spacial score (nSPS) is 16.6. The fourth-order valence-electron chi connectivity index (χ4n) is 4.29. The number of benzene rings is 2. The number of nitrogens with one attached hydrogen (secondary N) is 3. The van der Waals surface area contributed by atoms with Crippen LogP contribution < -0.4 is 20.7 Å². The highest BCUT2D eigenvalue weighted by atomic mass is 19.4. The summed E-state index contributed by atoms with van der Waals surface area (Å²) in [5.41, 5.74) is -1.93. The third kappa shape index (κ3) is 6.45. The summed E-state index contributed by atoms with van der Waals surface area (Å²) >= 11 is 0. The van der Waals surface area contributed by atoms with Crippen LogP contribution in [-0.4, -0.2) is 52.4 Å². The fraction of sp³-hybridized carbons (Fsp3) is 0.269. The molecule has 0 spiro atoms. The van der Waals surface area contributed by atoms with Gasteiger partial charge in [-0.25, -0.2) is 14.0 Å². The van der Waals surface area contributed by atoms with E-state index in [9.17, 15) is 37.1 Å². The van der Waals surface area contributed by atoms with Gasteiger partial charge in [0, 0.05) is 41.4 Å². The first-order valence-electron chi connectivity index (χ1n) is 12.0. The van der Waals surface area contributed by atoms with Crippen molar-refractivity contribution in [2.45, 2.75) is 38.1 Å². The molecule has 5 amide bonds. The average Bonchev–Trinajstić information content (AvgIpc) is 3.23. The maximum Gasteiger partial charge on any atom is 0.416 e. The molecule has 41 heavy (non-hydrogen) atoms. The number of hydrogen-bond donors (Lipinski definition) is 4. The molecule has 1 saturated heterocycles. The molecule has 1 fully saturated rings. The zero-order valence-electron chi connectivity index (χ0n) is 21.1. The number of carboxylic acids is 1. The first-order valence-corrected chi connectivity index (χ1v) is 12.0. The van der Waals surface area contributed by atoms with E-state index in [2.05, 4.69) is 22.5 Å². The van der Waals surface area contributed by atoms with E-state index < -0.39 is 72.0 Å². The van der Waals surface area contributed by atoms with Crippen LogP contribution >= 0.6 is 0 Å². The SMILES string of the molecule is C=C(COc1cc(NC(=O)NCc2ccc3c(c2F)CN(C2CCC(=O)NC2=O)C3=O)cc(C(F)(F)F)c1)C(=O)O. The Labute approximate surface area is 229 Å². The Bertz CT molecular complexity index is 1470. The lowest BCUT2D eigenvalue weighted by Crippen LogP contribution is -2.52. The van der Waals surface area contributed by atoms with Gasteiger partial charge in [0.1, 0.15) is 24.2 Å². The molecule has 2 aromatic carbocycles. The molecule has 1 unspecified atom stereocenters. The number of carbonyl (C=O) groups excluding carboxylic acids is 4. The van der Waals surface area contributed by atoms with Crippen LogP contribution in [0.1, 0.15) is 39.9 Å². The monoisotopic (exact) mass is 578 g/mol. The van der Waals surface area contributed by atoms with E-state index in [1.54, 1.807) is 0 Å². The van der Waals surface area contributed by atoms with E-state index in [1.807, 2.05) is 0 Å². The van der Waals surface area contributed by atoms with E-state index in [0.29, 0.717) is 12.1 Å². The summed E-state index contributed by atoms with van der Waals surface area (Å²) in [6, 6.07) is 2.94. The molecule has 4 N–H and O–H groups in total. The summed E-state index contributed by atoms with van der Waals surface area (Å²) in [7, 11) is 0. The standard InChI is InChI=1S/C26H22F4N4O7/c1-12(24(38)39)11-41-16-7-14(26(28,29)30)6-15(8-16)32-25(40)31-9-13-2-3-17-18(21(13)27)10-34(23(17)37)19-4-5-20(35)33-22(19)36/h2-3,6-8,19H,1,4-5,9-11H2,(H,38,39)(H2,31,32,40)(H,33,35,36). The molecule has 15 heteroatoms. The number of hydrogen-bond acceptors (Lipinski definition) is 6. The number of rotatable bonds is 8. The highest BCUT2D eigenvalue weighted by molar-refractivity contribution is 6.05. The number of carboxylic acid groups (broad SMARTS) is 1. The number of anilines is 1. The predicted molar refractivity (Wildman–Crippen MR) is 132 cm³/mol. The van der Waals surface area contributed by atoms with Gasteiger partial charge in [-0.3, -0.25) is 19.7 Å². The van der Waals surface area contributed by atoms with Gasteiger partial charge >= 0.3 is 18.2 Å². The largest absolute Gasteiger partial charge is 0.489 e. The molecule has 2 heterocycles. The number of alkyl halides is 3. The number of urea groups is 1. The molecule has 0 aromatic heterocycles. The van der Waals surface area contributed by atoms with Gasteiger partial charge in [-0.15, -0.1) is 0 Å². The van der Waals surface area contributed by atoms with Crippen molar-refractivity contribution < 1.29 is 51.4 Å². The van der Waals surface area contributed by atoms with Gasteiger partial charge in [0.05, 0.1) is 17.7 Å². The zero-order valence-corrected chi connectivity index (χ0v) is 21.1. The number of halogens is 4. The van der Waals surface area contributed by atoms with Crippen molar-refractivity contribution in [1.29, 1.82) is 0 Å². The Morgan fingerprint density at radius 2 is 1.90 bits per heavy atom. The Balaban J connectivity index is 1.43. The topological polar surface area (TPSA) is 154 Å². The first-order chi connectivity index (χ1) is 19.2. The van der Waals surface area contributed by atoms with Crippen LogP contribution in [-0.2, 0) is 33.6 Å². The molecule has 1 atom stereocenters. The number of fused-ring (bicyclic) bond motifs is 1. The van der Waals surface area contributed by atoms with Crippen LogP contribution in [0.25, 0.3) is 0 Å². The minimum Gasteiger partial charge on any atom is -0.489 e. The zero-order chi connectivity index (χ0) is 30.1. The van der Waals surface area contributed by atoms with Gasteiger partial charge in [0.15, 0.2) is 0 Å². The first kappa shape index (κ1) is 29.0. The second kappa shape index (κ2) is 11.3. The average molecular weight is 578 g/mol. The number of imide groups is 1. The number of amides is 5. The summed E-state index contributed by atoms with van der Waals surface area (Å²) < 4.78 is 60.4. The van der Waals surface area contributed by atoms with E-state index in [0.717, 1.165) is 6.07 Å². The second-order valence-electron chi connectivity index (χ2n) is 9.21.